The maximum atomic E-state index is 12.8. The fraction of sp³-hybridized carbons (Fsp3) is 0.300. The molecule has 2 amide bonds. The number of nitrogens with one attached hydrogen (secondary N) is 1. The molecule has 0 aromatic heterocycles. The van der Waals surface area contributed by atoms with Crippen LogP contribution in [0.3, 0.4) is 0 Å². The fourth-order valence-corrected chi connectivity index (χ4v) is 5.10. The quantitative estimate of drug-likeness (QED) is 0.784. The summed E-state index contributed by atoms with van der Waals surface area (Å²) in [5, 5.41) is 2.23. The number of thioether (sulfide) groups is 1. The Hall–Kier alpha value is -2.36. The summed E-state index contributed by atoms with van der Waals surface area (Å²) in [6, 6.07) is 12.1. The summed E-state index contributed by atoms with van der Waals surface area (Å²) in [7, 11) is 0.914. The first kappa shape index (κ1) is 21.4. The SMILES string of the molecule is Cc1ccc(NC(=O)CC2Sc3ccc(S(=O)(=O)N(C)C)cc3N(C)C2=O)cc1. The Balaban J connectivity index is 1.78. The lowest BCUT2D eigenvalue weighted by atomic mass is 10.2. The van der Waals surface area contributed by atoms with Crippen molar-refractivity contribution in [1.29, 1.82) is 0 Å². The second-order valence-electron chi connectivity index (χ2n) is 7.04. The minimum Gasteiger partial charge on any atom is -0.326 e. The van der Waals surface area contributed by atoms with Crippen molar-refractivity contribution in [2.24, 2.45) is 0 Å². The van der Waals surface area contributed by atoms with Crippen LogP contribution in [0.4, 0.5) is 11.4 Å². The minimum atomic E-state index is -3.60. The van der Waals surface area contributed by atoms with Crippen molar-refractivity contribution in [2.45, 2.75) is 28.4 Å². The summed E-state index contributed by atoms with van der Waals surface area (Å²) in [4.78, 5) is 27.5. The van der Waals surface area contributed by atoms with E-state index in [-0.39, 0.29) is 23.1 Å². The van der Waals surface area contributed by atoms with Gasteiger partial charge >= 0.3 is 0 Å². The number of nitrogens with zero attached hydrogens (tertiary/aromatic N) is 2. The third-order valence-corrected chi connectivity index (χ3v) is 7.71. The summed E-state index contributed by atoms with van der Waals surface area (Å²) in [5.74, 6) is -0.482. The van der Waals surface area contributed by atoms with E-state index in [0.29, 0.717) is 11.4 Å². The molecule has 1 N–H and O–H groups in total. The Bertz CT molecular complexity index is 1050. The van der Waals surface area contributed by atoms with Crippen LogP contribution >= 0.6 is 11.8 Å². The number of amides is 2. The zero-order valence-corrected chi connectivity index (χ0v) is 18.3. The van der Waals surface area contributed by atoms with Gasteiger partial charge in [0.1, 0.15) is 0 Å². The van der Waals surface area contributed by atoms with Crippen LogP contribution in [0.15, 0.2) is 52.3 Å². The second-order valence-corrected chi connectivity index (χ2v) is 10.4. The molecule has 2 aromatic carbocycles. The van der Waals surface area contributed by atoms with Gasteiger partial charge in [0, 0.05) is 38.1 Å². The molecule has 0 radical (unpaired) electrons. The largest absolute Gasteiger partial charge is 0.326 e. The number of hydrogen-bond acceptors (Lipinski definition) is 5. The molecular formula is C20H23N3O4S2. The Morgan fingerprint density at radius 1 is 1.17 bits per heavy atom. The molecule has 0 aliphatic carbocycles. The van der Waals surface area contributed by atoms with Crippen LogP contribution in [0.1, 0.15) is 12.0 Å². The molecule has 1 unspecified atom stereocenters. The standard InChI is InChI=1S/C20H23N3O4S2/c1-13-5-7-14(8-6-13)21-19(24)12-18-20(25)23(4)16-11-15(9-10-17(16)28-18)29(26,27)22(2)3/h5-11,18H,12H2,1-4H3,(H,21,24). The third-order valence-electron chi connectivity index (χ3n) is 4.65. The normalized spacial score (nSPS) is 16.7. The van der Waals surface area contributed by atoms with Gasteiger partial charge in [-0.25, -0.2) is 12.7 Å². The third kappa shape index (κ3) is 4.47. The molecule has 9 heteroatoms. The fourth-order valence-electron chi connectivity index (χ4n) is 2.91. The number of benzene rings is 2. The summed E-state index contributed by atoms with van der Waals surface area (Å²) >= 11 is 1.28. The van der Waals surface area contributed by atoms with E-state index >= 15 is 0 Å². The predicted molar refractivity (Wildman–Crippen MR) is 115 cm³/mol. The van der Waals surface area contributed by atoms with Crippen molar-refractivity contribution < 1.29 is 18.0 Å². The predicted octanol–water partition coefficient (Wildman–Crippen LogP) is 2.71. The van der Waals surface area contributed by atoms with Gasteiger partial charge in [-0.2, -0.15) is 0 Å². The number of carbonyl (C=O) groups is 2. The summed E-state index contributed by atoms with van der Waals surface area (Å²) in [5.41, 5.74) is 2.30. The van der Waals surface area contributed by atoms with Gasteiger partial charge in [0.15, 0.2) is 0 Å². The molecule has 1 aliphatic rings. The molecule has 1 atom stereocenters. The molecule has 1 aliphatic heterocycles. The molecule has 0 saturated carbocycles. The second kappa shape index (κ2) is 8.17. The first-order chi connectivity index (χ1) is 13.6. The average molecular weight is 434 g/mol. The van der Waals surface area contributed by atoms with Crippen LogP contribution in [-0.4, -0.2) is 50.9 Å². The summed E-state index contributed by atoms with van der Waals surface area (Å²) in [6.07, 6.45) is 0.0267. The highest BCUT2D eigenvalue weighted by Gasteiger charge is 2.34. The van der Waals surface area contributed by atoms with E-state index in [1.807, 2.05) is 31.2 Å². The molecular weight excluding hydrogens is 410 g/mol. The topological polar surface area (TPSA) is 86.8 Å². The highest BCUT2D eigenvalue weighted by molar-refractivity contribution is 8.01. The van der Waals surface area contributed by atoms with Crippen LogP contribution in [0.25, 0.3) is 0 Å². The molecule has 0 spiro atoms. The first-order valence-electron chi connectivity index (χ1n) is 8.97. The molecule has 1 heterocycles. The maximum Gasteiger partial charge on any atom is 0.242 e. The van der Waals surface area contributed by atoms with E-state index in [1.165, 1.54) is 42.9 Å². The van der Waals surface area contributed by atoms with E-state index in [9.17, 15) is 18.0 Å². The van der Waals surface area contributed by atoms with Crippen LogP contribution in [-0.2, 0) is 19.6 Å². The molecule has 3 rings (SSSR count). The molecule has 29 heavy (non-hydrogen) atoms. The van der Waals surface area contributed by atoms with Crippen LogP contribution in [0.5, 0.6) is 0 Å². The van der Waals surface area contributed by atoms with E-state index in [4.69, 9.17) is 0 Å². The number of carbonyl (C=O) groups excluding carboxylic acids is 2. The van der Waals surface area contributed by atoms with Crippen molar-refractivity contribution in [3.8, 4) is 0 Å². The zero-order chi connectivity index (χ0) is 21.3. The number of sulfonamides is 1. The van der Waals surface area contributed by atoms with Crippen LogP contribution in [0.2, 0.25) is 0 Å². The average Bonchev–Trinajstić information content (AvgIpc) is 2.67. The lowest BCUT2D eigenvalue weighted by molar-refractivity contribution is -0.122. The van der Waals surface area contributed by atoms with Gasteiger partial charge in [-0.1, -0.05) is 17.7 Å². The van der Waals surface area contributed by atoms with Crippen LogP contribution in [0, 0.1) is 6.92 Å². The van der Waals surface area contributed by atoms with Crippen molar-refractivity contribution >= 4 is 45.0 Å². The molecule has 0 saturated heterocycles. The van der Waals surface area contributed by atoms with Crippen molar-refractivity contribution in [1.82, 2.24) is 4.31 Å². The minimum absolute atomic E-state index is 0.0267. The number of rotatable bonds is 5. The molecule has 2 aromatic rings. The summed E-state index contributed by atoms with van der Waals surface area (Å²) in [6.45, 7) is 1.96. The van der Waals surface area contributed by atoms with Crippen LogP contribution < -0.4 is 10.2 Å². The molecule has 7 nitrogen and oxygen atoms in total. The van der Waals surface area contributed by atoms with Gasteiger partial charge in [0.2, 0.25) is 21.8 Å². The van der Waals surface area contributed by atoms with Crippen molar-refractivity contribution in [3.05, 3.63) is 48.0 Å². The lowest BCUT2D eigenvalue weighted by Crippen LogP contribution is -2.40. The smallest absolute Gasteiger partial charge is 0.242 e. The van der Waals surface area contributed by atoms with Gasteiger partial charge in [0.05, 0.1) is 15.8 Å². The Morgan fingerprint density at radius 2 is 1.83 bits per heavy atom. The zero-order valence-electron chi connectivity index (χ0n) is 16.7. The van der Waals surface area contributed by atoms with E-state index in [2.05, 4.69) is 5.32 Å². The van der Waals surface area contributed by atoms with E-state index in [1.54, 1.807) is 13.1 Å². The number of hydrogen-bond donors (Lipinski definition) is 1. The number of anilines is 2. The van der Waals surface area contributed by atoms with E-state index in [0.717, 1.165) is 14.8 Å². The van der Waals surface area contributed by atoms with Crippen molar-refractivity contribution in [3.63, 3.8) is 0 Å². The van der Waals surface area contributed by atoms with Gasteiger partial charge < -0.3 is 10.2 Å². The van der Waals surface area contributed by atoms with Crippen molar-refractivity contribution in [2.75, 3.05) is 31.4 Å². The molecule has 154 valence electrons. The molecule has 0 bridgehead atoms. The first-order valence-corrected chi connectivity index (χ1v) is 11.3. The van der Waals surface area contributed by atoms with Gasteiger partial charge in [-0.05, 0) is 37.3 Å². The van der Waals surface area contributed by atoms with Gasteiger partial charge in [-0.15, -0.1) is 11.8 Å². The lowest BCUT2D eigenvalue weighted by Gasteiger charge is -2.31. The molecule has 0 fully saturated rings. The Morgan fingerprint density at radius 3 is 2.45 bits per heavy atom. The highest BCUT2D eigenvalue weighted by Crippen LogP contribution is 2.41. The Labute approximate surface area is 175 Å². The highest BCUT2D eigenvalue weighted by atomic mass is 32.2. The van der Waals surface area contributed by atoms with Gasteiger partial charge in [-0.3, -0.25) is 9.59 Å². The van der Waals surface area contributed by atoms with E-state index < -0.39 is 15.3 Å². The number of fused-ring (bicyclic) bond motifs is 1. The maximum absolute atomic E-state index is 12.8. The summed E-state index contributed by atoms with van der Waals surface area (Å²) < 4.78 is 25.9. The number of aryl methyl sites for hydroxylation is 1. The monoisotopic (exact) mass is 433 g/mol. The Kier molecular flexibility index (Phi) is 6.02. The van der Waals surface area contributed by atoms with Gasteiger partial charge in [0.25, 0.3) is 0 Å².